The van der Waals surface area contributed by atoms with E-state index in [1.165, 1.54) is 12.1 Å². The molecule has 33 heavy (non-hydrogen) atoms. The van der Waals surface area contributed by atoms with Gasteiger partial charge in [0.05, 0.1) is 19.3 Å². The molecule has 0 aliphatic heterocycles. The number of rotatable bonds is 8. The van der Waals surface area contributed by atoms with Crippen LogP contribution < -0.4 is 0 Å². The quantitative estimate of drug-likeness (QED) is 0.449. The van der Waals surface area contributed by atoms with Crippen LogP contribution >= 0.6 is 0 Å². The molecular formula is C26H36FNO5. The van der Waals surface area contributed by atoms with Crippen molar-refractivity contribution in [3.05, 3.63) is 41.5 Å². The normalized spacial score (nSPS) is 19.5. The van der Waals surface area contributed by atoms with Gasteiger partial charge in [-0.25, -0.2) is 14.2 Å². The van der Waals surface area contributed by atoms with E-state index in [9.17, 15) is 9.18 Å². The van der Waals surface area contributed by atoms with Crippen molar-refractivity contribution in [3.8, 4) is 11.5 Å². The van der Waals surface area contributed by atoms with Gasteiger partial charge < -0.3 is 18.6 Å². The van der Waals surface area contributed by atoms with Gasteiger partial charge in [-0.3, -0.25) is 0 Å². The molecule has 2 atom stereocenters. The van der Waals surface area contributed by atoms with Gasteiger partial charge in [-0.1, -0.05) is 6.42 Å². The molecule has 2 aromatic rings. The number of aryl methyl sites for hydroxylation is 1. The number of esters is 1. The average Bonchev–Trinajstić information content (AvgIpc) is 3.11. The second-order valence-electron chi connectivity index (χ2n) is 10.3. The third-order valence-electron chi connectivity index (χ3n) is 5.74. The highest BCUT2D eigenvalue weighted by atomic mass is 19.1. The Morgan fingerprint density at radius 1 is 1.15 bits per heavy atom. The van der Waals surface area contributed by atoms with Crippen LogP contribution in [0.2, 0.25) is 0 Å². The summed E-state index contributed by atoms with van der Waals surface area (Å²) in [5.74, 6) is 0.834. The van der Waals surface area contributed by atoms with E-state index in [0.29, 0.717) is 30.8 Å². The number of carbonyl (C=O) groups is 1. The molecule has 1 heterocycles. The van der Waals surface area contributed by atoms with Gasteiger partial charge in [0.25, 0.3) is 0 Å². The van der Waals surface area contributed by atoms with Gasteiger partial charge in [0.15, 0.2) is 5.60 Å². The van der Waals surface area contributed by atoms with E-state index in [-0.39, 0.29) is 17.9 Å². The van der Waals surface area contributed by atoms with Crippen LogP contribution in [-0.4, -0.2) is 34.9 Å². The summed E-state index contributed by atoms with van der Waals surface area (Å²) in [6, 6.07) is 6.07. The van der Waals surface area contributed by atoms with Crippen LogP contribution in [0.3, 0.4) is 0 Å². The highest BCUT2D eigenvalue weighted by Crippen LogP contribution is 2.30. The zero-order valence-electron chi connectivity index (χ0n) is 20.6. The molecule has 2 unspecified atom stereocenters. The Hall–Kier alpha value is -2.25. The smallest absolute Gasteiger partial charge is 0.338 e. The minimum Gasteiger partial charge on any atom is -0.458 e. The van der Waals surface area contributed by atoms with Crippen molar-refractivity contribution in [2.24, 2.45) is 5.92 Å². The first-order chi connectivity index (χ1) is 15.4. The van der Waals surface area contributed by atoms with Crippen molar-refractivity contribution in [1.29, 1.82) is 0 Å². The number of benzene rings is 1. The fourth-order valence-corrected chi connectivity index (χ4v) is 3.81. The van der Waals surface area contributed by atoms with Gasteiger partial charge in [0.1, 0.15) is 22.9 Å². The largest absolute Gasteiger partial charge is 0.458 e. The minimum absolute atomic E-state index is 0.0994. The van der Waals surface area contributed by atoms with E-state index in [2.05, 4.69) is 4.98 Å². The Morgan fingerprint density at radius 2 is 1.85 bits per heavy atom. The number of aromatic nitrogens is 1. The topological polar surface area (TPSA) is 70.8 Å². The van der Waals surface area contributed by atoms with Crippen LogP contribution in [0, 0.1) is 18.7 Å². The molecule has 0 spiro atoms. The van der Waals surface area contributed by atoms with E-state index in [1.807, 2.05) is 27.7 Å². The molecule has 6 nitrogen and oxygen atoms in total. The van der Waals surface area contributed by atoms with Crippen LogP contribution in [0.25, 0.3) is 11.5 Å². The summed E-state index contributed by atoms with van der Waals surface area (Å²) in [6.45, 7) is 11.8. The van der Waals surface area contributed by atoms with Gasteiger partial charge >= 0.3 is 5.97 Å². The molecule has 182 valence electrons. The molecule has 1 saturated carbocycles. The first-order valence-corrected chi connectivity index (χ1v) is 11.6. The molecule has 1 aliphatic carbocycles. The minimum atomic E-state index is -0.990. The summed E-state index contributed by atoms with van der Waals surface area (Å²) in [5.41, 5.74) is -0.0561. The Morgan fingerprint density at radius 3 is 2.52 bits per heavy atom. The molecule has 3 rings (SSSR count). The molecule has 0 saturated heterocycles. The highest BCUT2D eigenvalue weighted by molar-refractivity contribution is 5.78. The maximum absolute atomic E-state index is 13.2. The number of nitrogens with zero attached hydrogens (tertiary/aromatic N) is 1. The van der Waals surface area contributed by atoms with Crippen LogP contribution in [0.1, 0.15) is 71.8 Å². The Labute approximate surface area is 195 Å². The van der Waals surface area contributed by atoms with Gasteiger partial charge in [-0.05, 0) is 91.0 Å². The lowest BCUT2D eigenvalue weighted by Gasteiger charge is -2.33. The predicted molar refractivity (Wildman–Crippen MR) is 123 cm³/mol. The van der Waals surface area contributed by atoms with E-state index < -0.39 is 11.2 Å². The fourth-order valence-electron chi connectivity index (χ4n) is 3.81. The molecule has 1 aromatic heterocycles. The van der Waals surface area contributed by atoms with Crippen molar-refractivity contribution in [3.63, 3.8) is 0 Å². The third-order valence-corrected chi connectivity index (χ3v) is 5.74. The van der Waals surface area contributed by atoms with Crippen molar-refractivity contribution in [2.45, 2.75) is 91.1 Å². The first kappa shape index (κ1) is 25.4. The molecule has 0 N–H and O–H groups in total. The monoisotopic (exact) mass is 461 g/mol. The predicted octanol–water partition coefficient (Wildman–Crippen LogP) is 6.00. The Bertz CT molecular complexity index is 929. The average molecular weight is 462 g/mol. The van der Waals surface area contributed by atoms with Crippen LogP contribution in [0.4, 0.5) is 4.39 Å². The number of halogens is 1. The molecule has 7 heteroatoms. The lowest BCUT2D eigenvalue weighted by Crippen LogP contribution is -2.42. The lowest BCUT2D eigenvalue weighted by atomic mass is 9.87. The summed E-state index contributed by atoms with van der Waals surface area (Å²) >= 11 is 0. The van der Waals surface area contributed by atoms with Gasteiger partial charge in [-0.2, -0.15) is 0 Å². The summed E-state index contributed by atoms with van der Waals surface area (Å²) in [6.07, 6.45) is 4.04. The zero-order chi connectivity index (χ0) is 24.2. The molecular weight excluding hydrogens is 425 g/mol. The van der Waals surface area contributed by atoms with Gasteiger partial charge in [0.2, 0.25) is 5.89 Å². The zero-order valence-corrected chi connectivity index (χ0v) is 20.6. The lowest BCUT2D eigenvalue weighted by molar-refractivity contribution is -0.181. The van der Waals surface area contributed by atoms with Crippen LogP contribution in [-0.2, 0) is 25.6 Å². The summed E-state index contributed by atoms with van der Waals surface area (Å²) in [7, 11) is 0. The van der Waals surface area contributed by atoms with Crippen molar-refractivity contribution < 1.29 is 27.8 Å². The SMILES string of the molecule is Cc1oc(-c2ccc(F)cc2)nc1COC1CCCC(COC(C)(C)C(=O)OC(C)(C)C)C1. The summed E-state index contributed by atoms with van der Waals surface area (Å²) < 4.78 is 36.6. The van der Waals surface area contributed by atoms with E-state index in [4.69, 9.17) is 18.6 Å². The van der Waals surface area contributed by atoms with Crippen LogP contribution in [0.5, 0.6) is 0 Å². The standard InChI is InChI=1S/C26H36FNO5/c1-17-22(28-23(32-17)19-10-12-20(27)13-11-19)16-30-21-9-7-8-18(14-21)15-31-26(5,6)24(29)33-25(2,3)4/h10-13,18,21H,7-9,14-16H2,1-6H3. The van der Waals surface area contributed by atoms with E-state index in [0.717, 1.165) is 36.9 Å². The van der Waals surface area contributed by atoms with Crippen LogP contribution in [0.15, 0.2) is 28.7 Å². The van der Waals surface area contributed by atoms with Gasteiger partial charge in [-0.15, -0.1) is 0 Å². The second-order valence-corrected chi connectivity index (χ2v) is 10.3. The third kappa shape index (κ3) is 7.37. The molecule has 0 amide bonds. The fraction of sp³-hybridized carbons (Fsp3) is 0.615. The van der Waals surface area contributed by atoms with Crippen molar-refractivity contribution in [1.82, 2.24) is 4.98 Å². The Kier molecular flexibility index (Phi) is 7.96. The molecule has 1 aromatic carbocycles. The highest BCUT2D eigenvalue weighted by Gasteiger charge is 2.35. The Balaban J connectivity index is 1.50. The van der Waals surface area contributed by atoms with E-state index in [1.54, 1.807) is 26.0 Å². The van der Waals surface area contributed by atoms with E-state index >= 15 is 0 Å². The molecule has 0 radical (unpaired) electrons. The number of carbonyl (C=O) groups excluding carboxylic acids is 1. The summed E-state index contributed by atoms with van der Waals surface area (Å²) in [4.78, 5) is 17.0. The van der Waals surface area contributed by atoms with Gasteiger partial charge in [0, 0.05) is 5.56 Å². The first-order valence-electron chi connectivity index (χ1n) is 11.6. The van der Waals surface area contributed by atoms with Crippen molar-refractivity contribution in [2.75, 3.05) is 6.61 Å². The summed E-state index contributed by atoms with van der Waals surface area (Å²) in [5, 5.41) is 0. The molecule has 0 bridgehead atoms. The number of hydrogen-bond donors (Lipinski definition) is 0. The van der Waals surface area contributed by atoms with Crippen molar-refractivity contribution >= 4 is 5.97 Å². The maximum Gasteiger partial charge on any atom is 0.338 e. The second kappa shape index (κ2) is 10.3. The number of oxazole rings is 1. The maximum atomic E-state index is 13.2. The molecule has 1 aliphatic rings. The number of hydrogen-bond acceptors (Lipinski definition) is 6. The molecule has 1 fully saturated rings. The number of ether oxygens (including phenoxy) is 3.